The Bertz CT molecular complexity index is 344. The third kappa shape index (κ3) is 2.49. The van der Waals surface area contributed by atoms with Gasteiger partial charge in [0, 0.05) is 24.9 Å². The lowest BCUT2D eigenvalue weighted by molar-refractivity contribution is -0.123. The van der Waals surface area contributed by atoms with Crippen LogP contribution in [0.15, 0.2) is 24.5 Å². The van der Waals surface area contributed by atoms with Crippen molar-refractivity contribution in [3.8, 4) is 0 Å². The molecule has 2 N–H and O–H groups in total. The summed E-state index contributed by atoms with van der Waals surface area (Å²) in [6.45, 7) is 0. The number of aromatic nitrogens is 1. The van der Waals surface area contributed by atoms with Gasteiger partial charge < -0.3 is 5.32 Å². The Morgan fingerprint density at radius 2 is 2.47 bits per heavy atom. The van der Waals surface area contributed by atoms with E-state index in [0.717, 1.165) is 5.56 Å². The van der Waals surface area contributed by atoms with Crippen molar-refractivity contribution >= 4 is 17.7 Å². The molecular formula is C10H13N3OS. The molecular weight excluding hydrogens is 210 g/mol. The Labute approximate surface area is 92.9 Å². The minimum absolute atomic E-state index is 0.00328. The zero-order chi connectivity index (χ0) is 10.7. The molecule has 0 radical (unpaired) electrons. The van der Waals surface area contributed by atoms with E-state index >= 15 is 0 Å². The van der Waals surface area contributed by atoms with Gasteiger partial charge in [-0.15, -0.1) is 11.8 Å². The Kier molecular flexibility index (Phi) is 3.23. The highest BCUT2D eigenvalue weighted by molar-refractivity contribution is 7.99. The van der Waals surface area contributed by atoms with Crippen molar-refractivity contribution in [1.29, 1.82) is 0 Å². The Hall–Kier alpha value is -1.07. The summed E-state index contributed by atoms with van der Waals surface area (Å²) in [5.41, 5.74) is 1.06. The average Bonchev–Trinajstić information content (AvgIpc) is 2.29. The Morgan fingerprint density at radius 1 is 1.60 bits per heavy atom. The van der Waals surface area contributed by atoms with Crippen molar-refractivity contribution in [2.75, 3.05) is 6.26 Å². The number of hydrogen-bond acceptors (Lipinski definition) is 4. The lowest BCUT2D eigenvalue weighted by Crippen LogP contribution is -2.50. The van der Waals surface area contributed by atoms with Crippen LogP contribution in [-0.2, 0) is 4.79 Å². The molecule has 4 nitrogen and oxygen atoms in total. The van der Waals surface area contributed by atoms with E-state index in [4.69, 9.17) is 0 Å². The molecule has 5 heteroatoms. The smallest absolute Gasteiger partial charge is 0.223 e. The van der Waals surface area contributed by atoms with Crippen LogP contribution in [-0.4, -0.2) is 22.6 Å². The van der Waals surface area contributed by atoms with E-state index < -0.39 is 0 Å². The molecule has 0 spiro atoms. The first-order valence-electron chi connectivity index (χ1n) is 4.77. The summed E-state index contributed by atoms with van der Waals surface area (Å²) in [7, 11) is 0. The molecule has 0 aliphatic carbocycles. The van der Waals surface area contributed by atoms with Crippen LogP contribution in [0.25, 0.3) is 0 Å². The third-order valence-corrected chi connectivity index (χ3v) is 3.08. The quantitative estimate of drug-likeness (QED) is 0.781. The normalized spacial score (nSPS) is 26.1. The number of amides is 1. The topological polar surface area (TPSA) is 54.0 Å². The summed E-state index contributed by atoms with van der Waals surface area (Å²) in [5, 5.41) is 6.20. The van der Waals surface area contributed by atoms with Gasteiger partial charge in [0.2, 0.25) is 5.91 Å². The minimum Gasteiger partial charge on any atom is -0.332 e. The van der Waals surface area contributed by atoms with Crippen LogP contribution < -0.4 is 10.6 Å². The Morgan fingerprint density at radius 3 is 3.13 bits per heavy atom. The van der Waals surface area contributed by atoms with Crippen molar-refractivity contribution < 1.29 is 4.79 Å². The van der Waals surface area contributed by atoms with Crippen LogP contribution in [0.1, 0.15) is 18.0 Å². The average molecular weight is 223 g/mol. The molecule has 15 heavy (non-hydrogen) atoms. The predicted octanol–water partition coefficient (Wildman–Crippen LogP) is 0.879. The molecule has 0 bridgehead atoms. The van der Waals surface area contributed by atoms with Crippen molar-refractivity contribution in [2.45, 2.75) is 18.0 Å². The second kappa shape index (κ2) is 4.63. The SMILES string of the molecule is CSC1NC(=O)CC(c2cccnc2)N1. The number of pyridine rings is 1. The molecule has 1 aromatic rings. The number of carbonyl (C=O) groups excluding carboxylic acids is 1. The van der Waals surface area contributed by atoms with Crippen molar-refractivity contribution in [2.24, 2.45) is 0 Å². The highest BCUT2D eigenvalue weighted by Gasteiger charge is 2.25. The fraction of sp³-hybridized carbons (Fsp3) is 0.400. The molecule has 1 amide bonds. The lowest BCUT2D eigenvalue weighted by atomic mass is 10.0. The second-order valence-corrected chi connectivity index (χ2v) is 4.34. The molecule has 2 rings (SSSR count). The standard InChI is InChI=1S/C10H13N3OS/c1-15-10-12-8(5-9(14)13-10)7-3-2-4-11-6-7/h2-4,6,8,10,12H,5H2,1H3,(H,13,14). The van der Waals surface area contributed by atoms with Gasteiger partial charge in [-0.1, -0.05) is 6.07 Å². The number of hydrogen-bond donors (Lipinski definition) is 2. The summed E-state index contributed by atoms with van der Waals surface area (Å²) in [6.07, 6.45) is 5.97. The molecule has 1 saturated heterocycles. The number of rotatable bonds is 2. The monoisotopic (exact) mass is 223 g/mol. The Balaban J connectivity index is 2.12. The summed E-state index contributed by atoms with van der Waals surface area (Å²) in [4.78, 5) is 15.5. The predicted molar refractivity (Wildman–Crippen MR) is 60.2 cm³/mol. The van der Waals surface area contributed by atoms with E-state index in [-0.39, 0.29) is 17.4 Å². The number of nitrogens with zero attached hydrogens (tertiary/aromatic N) is 1. The van der Waals surface area contributed by atoms with Gasteiger partial charge in [0.1, 0.15) is 5.50 Å². The summed E-state index contributed by atoms with van der Waals surface area (Å²) in [5.74, 6) is 0.0851. The molecule has 0 aromatic carbocycles. The zero-order valence-corrected chi connectivity index (χ0v) is 9.25. The molecule has 1 aliphatic heterocycles. The van der Waals surface area contributed by atoms with Crippen molar-refractivity contribution in [3.05, 3.63) is 30.1 Å². The van der Waals surface area contributed by atoms with Crippen LogP contribution >= 0.6 is 11.8 Å². The lowest BCUT2D eigenvalue weighted by Gasteiger charge is -2.30. The maximum atomic E-state index is 11.4. The molecule has 2 heterocycles. The first kappa shape index (κ1) is 10.4. The van der Waals surface area contributed by atoms with Gasteiger partial charge in [-0.3, -0.25) is 15.1 Å². The van der Waals surface area contributed by atoms with Gasteiger partial charge in [0.25, 0.3) is 0 Å². The van der Waals surface area contributed by atoms with Crippen molar-refractivity contribution in [1.82, 2.24) is 15.6 Å². The number of thioether (sulfide) groups is 1. The maximum Gasteiger partial charge on any atom is 0.223 e. The van der Waals surface area contributed by atoms with Crippen LogP contribution in [0.2, 0.25) is 0 Å². The minimum atomic E-state index is -0.00328. The highest BCUT2D eigenvalue weighted by atomic mass is 32.2. The molecule has 2 unspecified atom stereocenters. The largest absolute Gasteiger partial charge is 0.332 e. The van der Waals surface area contributed by atoms with Gasteiger partial charge in [-0.25, -0.2) is 0 Å². The van der Waals surface area contributed by atoms with Gasteiger partial charge in [-0.05, 0) is 17.9 Å². The van der Waals surface area contributed by atoms with E-state index in [1.165, 1.54) is 0 Å². The maximum absolute atomic E-state index is 11.4. The number of nitrogens with one attached hydrogen (secondary N) is 2. The molecule has 1 aliphatic rings. The highest BCUT2D eigenvalue weighted by Crippen LogP contribution is 2.21. The van der Waals surface area contributed by atoms with E-state index in [2.05, 4.69) is 15.6 Å². The summed E-state index contributed by atoms with van der Waals surface area (Å²) >= 11 is 1.58. The fourth-order valence-electron chi connectivity index (χ4n) is 1.60. The van der Waals surface area contributed by atoms with Crippen LogP contribution in [0.3, 0.4) is 0 Å². The zero-order valence-electron chi connectivity index (χ0n) is 8.43. The molecule has 80 valence electrons. The van der Waals surface area contributed by atoms with Crippen molar-refractivity contribution in [3.63, 3.8) is 0 Å². The summed E-state index contributed by atoms with van der Waals surface area (Å²) in [6, 6.07) is 3.95. The van der Waals surface area contributed by atoms with E-state index in [1.54, 1.807) is 24.2 Å². The third-order valence-electron chi connectivity index (χ3n) is 2.36. The van der Waals surface area contributed by atoms with Crippen LogP contribution in [0.4, 0.5) is 0 Å². The fourth-order valence-corrected chi connectivity index (χ4v) is 2.15. The first-order chi connectivity index (χ1) is 7.29. The summed E-state index contributed by atoms with van der Waals surface area (Å²) < 4.78 is 0. The van der Waals surface area contributed by atoms with E-state index in [0.29, 0.717) is 6.42 Å². The molecule has 0 saturated carbocycles. The van der Waals surface area contributed by atoms with Crippen LogP contribution in [0.5, 0.6) is 0 Å². The number of carbonyl (C=O) groups is 1. The van der Waals surface area contributed by atoms with Crippen LogP contribution in [0, 0.1) is 0 Å². The van der Waals surface area contributed by atoms with Gasteiger partial charge in [-0.2, -0.15) is 0 Å². The van der Waals surface area contributed by atoms with E-state index in [1.807, 2.05) is 18.4 Å². The molecule has 2 atom stereocenters. The van der Waals surface area contributed by atoms with Gasteiger partial charge in [0.15, 0.2) is 0 Å². The first-order valence-corrected chi connectivity index (χ1v) is 6.06. The molecule has 1 fully saturated rings. The molecule has 1 aromatic heterocycles. The van der Waals surface area contributed by atoms with Gasteiger partial charge in [0.05, 0.1) is 0 Å². The second-order valence-electron chi connectivity index (χ2n) is 3.39. The van der Waals surface area contributed by atoms with Gasteiger partial charge >= 0.3 is 0 Å². The van der Waals surface area contributed by atoms with E-state index in [9.17, 15) is 4.79 Å².